The molecule has 2 amide bonds. The first-order valence-electron chi connectivity index (χ1n) is 11.5. The van der Waals surface area contributed by atoms with Crippen molar-refractivity contribution in [1.29, 1.82) is 0 Å². The summed E-state index contributed by atoms with van der Waals surface area (Å²) in [5.41, 5.74) is 5.21. The van der Waals surface area contributed by atoms with E-state index in [0.29, 0.717) is 22.2 Å². The van der Waals surface area contributed by atoms with Crippen LogP contribution >= 0.6 is 11.6 Å². The first-order chi connectivity index (χ1) is 17.4. The minimum absolute atomic E-state index is 0.143. The number of halogens is 1. The molecule has 0 aliphatic carbocycles. The summed E-state index contributed by atoms with van der Waals surface area (Å²) in [7, 11) is 0. The Balaban J connectivity index is 1.64. The van der Waals surface area contributed by atoms with E-state index in [1.165, 1.54) is 10.5 Å². The molecule has 0 bridgehead atoms. The van der Waals surface area contributed by atoms with Crippen molar-refractivity contribution in [2.24, 2.45) is 0 Å². The average molecular weight is 499 g/mol. The molecule has 4 aromatic rings. The Morgan fingerprint density at radius 3 is 2.42 bits per heavy atom. The Morgan fingerprint density at radius 2 is 1.75 bits per heavy atom. The quantitative estimate of drug-likeness (QED) is 0.299. The monoisotopic (exact) mass is 498 g/mol. The number of aryl methyl sites for hydroxylation is 2. The fraction of sp³-hybridized carbons (Fsp3) is 0.138. The van der Waals surface area contributed by atoms with Gasteiger partial charge in [-0.3, -0.25) is 19.5 Å². The number of amides is 2. The van der Waals surface area contributed by atoms with Crippen molar-refractivity contribution < 1.29 is 9.59 Å². The SMILES string of the molecule is C=CCN(CC(=O)Nc1nc(-c2ccc(Cl)cc2)cn1-c1ccc(C)c(C)c1)C(=O)c1ccccc1. The van der Waals surface area contributed by atoms with Crippen LogP contribution in [0.5, 0.6) is 0 Å². The van der Waals surface area contributed by atoms with E-state index >= 15 is 0 Å². The van der Waals surface area contributed by atoms with Gasteiger partial charge in [0.15, 0.2) is 0 Å². The predicted molar refractivity (Wildman–Crippen MR) is 145 cm³/mol. The molecule has 0 aliphatic rings. The third-order valence-corrected chi connectivity index (χ3v) is 6.11. The molecule has 6 nitrogen and oxygen atoms in total. The van der Waals surface area contributed by atoms with Gasteiger partial charge in [0.1, 0.15) is 6.54 Å². The topological polar surface area (TPSA) is 67.2 Å². The number of imidazole rings is 1. The van der Waals surface area contributed by atoms with Crippen LogP contribution in [0.25, 0.3) is 16.9 Å². The summed E-state index contributed by atoms with van der Waals surface area (Å²) in [4.78, 5) is 32.2. The summed E-state index contributed by atoms with van der Waals surface area (Å²) in [5.74, 6) is -0.247. The van der Waals surface area contributed by atoms with Crippen molar-refractivity contribution in [2.75, 3.05) is 18.4 Å². The Hall–Kier alpha value is -4.16. The Bertz CT molecular complexity index is 1390. The van der Waals surface area contributed by atoms with E-state index in [9.17, 15) is 9.59 Å². The summed E-state index contributed by atoms with van der Waals surface area (Å²) in [6.45, 7) is 7.91. The van der Waals surface area contributed by atoms with Gasteiger partial charge in [-0.05, 0) is 61.4 Å². The van der Waals surface area contributed by atoms with Gasteiger partial charge in [-0.2, -0.15) is 0 Å². The lowest BCUT2D eigenvalue weighted by molar-refractivity contribution is -0.116. The molecule has 7 heteroatoms. The molecule has 1 aromatic heterocycles. The molecule has 1 heterocycles. The van der Waals surface area contributed by atoms with Crippen LogP contribution in [0, 0.1) is 13.8 Å². The number of aromatic nitrogens is 2. The molecule has 0 aliphatic heterocycles. The molecule has 0 spiro atoms. The van der Waals surface area contributed by atoms with E-state index in [1.54, 1.807) is 42.5 Å². The van der Waals surface area contributed by atoms with Gasteiger partial charge in [-0.1, -0.05) is 54.1 Å². The Morgan fingerprint density at radius 1 is 1.03 bits per heavy atom. The van der Waals surface area contributed by atoms with Crippen molar-refractivity contribution in [3.63, 3.8) is 0 Å². The first-order valence-corrected chi connectivity index (χ1v) is 11.9. The summed E-state index contributed by atoms with van der Waals surface area (Å²) in [6.07, 6.45) is 3.47. The molecule has 3 aromatic carbocycles. The zero-order valence-electron chi connectivity index (χ0n) is 20.2. The molecule has 36 heavy (non-hydrogen) atoms. The lowest BCUT2D eigenvalue weighted by Crippen LogP contribution is -2.38. The van der Waals surface area contributed by atoms with Crippen LogP contribution in [-0.4, -0.2) is 39.4 Å². The van der Waals surface area contributed by atoms with Crippen LogP contribution in [0.2, 0.25) is 5.02 Å². The summed E-state index contributed by atoms with van der Waals surface area (Å²) in [5, 5.41) is 3.53. The second kappa shape index (κ2) is 11.1. The second-order valence-corrected chi connectivity index (χ2v) is 8.92. The Kier molecular flexibility index (Phi) is 7.66. The normalized spacial score (nSPS) is 10.6. The fourth-order valence-electron chi connectivity index (χ4n) is 3.78. The highest BCUT2D eigenvalue weighted by molar-refractivity contribution is 6.30. The van der Waals surface area contributed by atoms with E-state index in [-0.39, 0.29) is 24.9 Å². The average Bonchev–Trinajstić information content (AvgIpc) is 3.29. The number of hydrogen-bond acceptors (Lipinski definition) is 3. The van der Waals surface area contributed by atoms with E-state index in [4.69, 9.17) is 16.6 Å². The second-order valence-electron chi connectivity index (χ2n) is 8.48. The predicted octanol–water partition coefficient (Wildman–Crippen LogP) is 6.08. The van der Waals surface area contributed by atoms with Crippen LogP contribution in [0.4, 0.5) is 5.95 Å². The molecule has 0 unspecified atom stereocenters. The van der Waals surface area contributed by atoms with Gasteiger partial charge < -0.3 is 4.90 Å². The smallest absolute Gasteiger partial charge is 0.254 e. The third-order valence-electron chi connectivity index (χ3n) is 5.86. The van der Waals surface area contributed by atoms with Crippen LogP contribution in [-0.2, 0) is 4.79 Å². The van der Waals surface area contributed by atoms with Crippen molar-refractivity contribution in [3.05, 3.63) is 113 Å². The van der Waals surface area contributed by atoms with Crippen molar-refractivity contribution in [1.82, 2.24) is 14.5 Å². The number of rotatable bonds is 8. The number of carbonyl (C=O) groups excluding carboxylic acids is 2. The largest absolute Gasteiger partial charge is 0.326 e. The molecule has 0 radical (unpaired) electrons. The van der Waals surface area contributed by atoms with Gasteiger partial charge in [0.2, 0.25) is 11.9 Å². The minimum Gasteiger partial charge on any atom is -0.326 e. The lowest BCUT2D eigenvalue weighted by Gasteiger charge is -2.20. The summed E-state index contributed by atoms with van der Waals surface area (Å²) >= 11 is 6.05. The van der Waals surface area contributed by atoms with Crippen LogP contribution in [0.3, 0.4) is 0 Å². The zero-order chi connectivity index (χ0) is 25.7. The van der Waals surface area contributed by atoms with Gasteiger partial charge in [0, 0.05) is 34.6 Å². The van der Waals surface area contributed by atoms with Crippen molar-refractivity contribution >= 4 is 29.4 Å². The maximum atomic E-state index is 13.1. The van der Waals surface area contributed by atoms with Crippen molar-refractivity contribution in [2.45, 2.75) is 13.8 Å². The fourth-order valence-corrected chi connectivity index (χ4v) is 3.90. The van der Waals surface area contributed by atoms with Gasteiger partial charge in [0.25, 0.3) is 5.91 Å². The maximum absolute atomic E-state index is 13.1. The van der Waals surface area contributed by atoms with Crippen LogP contribution in [0.1, 0.15) is 21.5 Å². The molecular weight excluding hydrogens is 472 g/mol. The maximum Gasteiger partial charge on any atom is 0.254 e. The number of benzene rings is 3. The van der Waals surface area contributed by atoms with Gasteiger partial charge in [0.05, 0.1) is 5.69 Å². The molecule has 1 N–H and O–H groups in total. The zero-order valence-corrected chi connectivity index (χ0v) is 21.0. The van der Waals surface area contributed by atoms with Gasteiger partial charge >= 0.3 is 0 Å². The van der Waals surface area contributed by atoms with Crippen LogP contribution < -0.4 is 5.32 Å². The molecule has 0 atom stereocenters. The summed E-state index contributed by atoms with van der Waals surface area (Å²) < 4.78 is 1.84. The van der Waals surface area contributed by atoms with Gasteiger partial charge in [-0.25, -0.2) is 4.98 Å². The number of anilines is 1. The van der Waals surface area contributed by atoms with E-state index in [1.807, 2.05) is 61.0 Å². The standard InChI is InChI=1S/C29H27ClN4O2/c1-4-16-33(28(36)23-8-6-5-7-9-23)19-27(35)32-29-31-26(22-11-13-24(30)14-12-22)18-34(29)25-15-10-20(2)21(3)17-25/h4-15,17-18H,1,16,19H2,2-3H3,(H,31,32,35). The highest BCUT2D eigenvalue weighted by Gasteiger charge is 2.20. The minimum atomic E-state index is -0.362. The van der Waals surface area contributed by atoms with E-state index in [2.05, 4.69) is 11.9 Å². The number of hydrogen-bond donors (Lipinski definition) is 1. The highest BCUT2D eigenvalue weighted by atomic mass is 35.5. The molecular formula is C29H27ClN4O2. The Labute approximate surface area is 215 Å². The first kappa shape index (κ1) is 24.9. The molecule has 0 saturated heterocycles. The lowest BCUT2D eigenvalue weighted by atomic mass is 10.1. The molecule has 4 rings (SSSR count). The van der Waals surface area contributed by atoms with Crippen LogP contribution in [0.15, 0.2) is 91.6 Å². The van der Waals surface area contributed by atoms with Gasteiger partial charge in [-0.15, -0.1) is 6.58 Å². The third kappa shape index (κ3) is 5.73. The molecule has 182 valence electrons. The number of nitrogens with one attached hydrogen (secondary N) is 1. The highest BCUT2D eigenvalue weighted by Crippen LogP contribution is 2.26. The van der Waals surface area contributed by atoms with E-state index < -0.39 is 0 Å². The van der Waals surface area contributed by atoms with Crippen molar-refractivity contribution in [3.8, 4) is 16.9 Å². The molecule has 0 saturated carbocycles. The molecule has 0 fully saturated rings. The summed E-state index contributed by atoms with van der Waals surface area (Å²) in [6, 6.07) is 22.3. The number of nitrogens with zero attached hydrogens (tertiary/aromatic N) is 3. The number of carbonyl (C=O) groups is 2. The van der Waals surface area contributed by atoms with E-state index in [0.717, 1.165) is 16.8 Å².